The number of methoxy groups -OCH3 is 1. The van der Waals surface area contributed by atoms with Gasteiger partial charge in [-0.25, -0.2) is 4.79 Å². The summed E-state index contributed by atoms with van der Waals surface area (Å²) in [5.74, 6) is 0.233. The number of carbonyl (C=O) groups excluding carboxylic acids is 1. The lowest BCUT2D eigenvalue weighted by Gasteiger charge is -2.43. The smallest absolute Gasteiger partial charge is 0.336 e. The molecule has 2 aliphatic heterocycles. The fourth-order valence-corrected chi connectivity index (χ4v) is 11.5. The van der Waals surface area contributed by atoms with Gasteiger partial charge in [-0.2, -0.15) is 0 Å². The van der Waals surface area contributed by atoms with Gasteiger partial charge in [-0.05, 0) is 60.9 Å². The van der Waals surface area contributed by atoms with Gasteiger partial charge in [-0.1, -0.05) is 100 Å². The highest BCUT2D eigenvalue weighted by Crippen LogP contribution is 2.38. The summed E-state index contributed by atoms with van der Waals surface area (Å²) in [5, 5.41) is 2.62. The number of carbonyl (C=O) groups is 1. The maximum atomic E-state index is 12.6. The van der Waals surface area contributed by atoms with Gasteiger partial charge in [0.1, 0.15) is 6.10 Å². The third-order valence-corrected chi connectivity index (χ3v) is 14.0. The average molecular weight is 590 g/mol. The van der Waals surface area contributed by atoms with Crippen LogP contribution in [0.1, 0.15) is 73.6 Å². The molecule has 0 radical (unpaired) electrons. The second kappa shape index (κ2) is 14.2. The fraction of sp³-hybridized carbons (Fsp3) is 0.528. The predicted molar refractivity (Wildman–Crippen MR) is 175 cm³/mol. The van der Waals surface area contributed by atoms with Crippen LogP contribution in [0.3, 0.4) is 0 Å². The first-order valence-electron chi connectivity index (χ1n) is 15.7. The number of hydrogen-bond donors (Lipinski definition) is 0. The van der Waals surface area contributed by atoms with E-state index in [2.05, 4.69) is 106 Å². The third kappa shape index (κ3) is 7.09. The largest absolute Gasteiger partial charge is 0.452 e. The highest BCUT2D eigenvalue weighted by molar-refractivity contribution is 6.99. The Hall–Kier alpha value is -2.67. The summed E-state index contributed by atoms with van der Waals surface area (Å²) >= 11 is 0. The highest BCUT2D eigenvalue weighted by Gasteiger charge is 2.50. The zero-order valence-electron chi connectivity index (χ0n) is 26.8. The number of benzene rings is 2. The molecule has 0 amide bonds. The molecule has 3 atom stereocenters. The number of esters is 1. The molecule has 0 unspecified atom stereocenters. The van der Waals surface area contributed by atoms with E-state index in [1.54, 1.807) is 7.11 Å². The Balaban J connectivity index is 1.40. The Kier molecular flexibility index (Phi) is 10.9. The van der Waals surface area contributed by atoms with Crippen LogP contribution in [0.15, 0.2) is 83.6 Å². The van der Waals surface area contributed by atoms with E-state index in [9.17, 15) is 4.79 Å². The van der Waals surface area contributed by atoms with Crippen LogP contribution in [0.2, 0.25) is 5.04 Å². The molecule has 0 saturated carbocycles. The van der Waals surface area contributed by atoms with E-state index in [4.69, 9.17) is 13.9 Å². The number of rotatable bonds is 13. The van der Waals surface area contributed by atoms with Crippen LogP contribution in [-0.2, 0) is 18.7 Å². The van der Waals surface area contributed by atoms with Crippen LogP contribution >= 0.6 is 0 Å². The second-order valence-electron chi connectivity index (χ2n) is 13.3. The summed E-state index contributed by atoms with van der Waals surface area (Å²) in [6.07, 6.45) is 7.09. The third-order valence-electron chi connectivity index (χ3n) is 8.95. The number of cyclic esters (lactones) is 1. The Morgan fingerprint density at radius 1 is 1.10 bits per heavy atom. The van der Waals surface area contributed by atoms with Gasteiger partial charge in [0, 0.05) is 26.7 Å². The molecule has 2 heterocycles. The number of likely N-dealkylation sites (tertiary alicyclic amines) is 1. The van der Waals surface area contributed by atoms with Gasteiger partial charge in [0.2, 0.25) is 0 Å². The molecule has 2 aromatic rings. The van der Waals surface area contributed by atoms with E-state index in [1.165, 1.54) is 15.9 Å². The van der Waals surface area contributed by atoms with Crippen molar-refractivity contribution in [1.29, 1.82) is 0 Å². The molecule has 1 fully saturated rings. The summed E-state index contributed by atoms with van der Waals surface area (Å²) in [4.78, 5) is 14.9. The Labute approximate surface area is 255 Å². The van der Waals surface area contributed by atoms with Crippen molar-refractivity contribution >= 4 is 24.7 Å². The average Bonchev–Trinajstić information content (AvgIpc) is 3.52. The van der Waals surface area contributed by atoms with Gasteiger partial charge >= 0.3 is 5.97 Å². The first kappa shape index (κ1) is 32.2. The summed E-state index contributed by atoms with van der Waals surface area (Å²) < 4.78 is 18.5. The van der Waals surface area contributed by atoms with E-state index < -0.39 is 8.32 Å². The van der Waals surface area contributed by atoms with Gasteiger partial charge in [-0.15, -0.1) is 0 Å². The standard InChI is InChI=1S/C36H51NO4Si/c1-27(24-33-34(29(3)35(38)41-33)37-23-15-18-30(37)26-39-7)16-14-17-28(2)25-40-42(36(4,5)6,31-19-10-8-11-20-31)32-21-12-9-13-22-32/h8-13,16,19-22,28,30,33H,14-15,17-18,23-26H2,1-7H3/b27-16+/t28-,30+,33+/m0/s1. The summed E-state index contributed by atoms with van der Waals surface area (Å²) in [5.41, 5.74) is 3.09. The van der Waals surface area contributed by atoms with Crippen molar-refractivity contribution in [3.05, 3.63) is 83.6 Å². The molecule has 4 rings (SSSR count). The molecular formula is C36H51NO4Si. The van der Waals surface area contributed by atoms with Crippen LogP contribution in [0.25, 0.3) is 0 Å². The number of nitrogens with zero attached hydrogens (tertiary/aromatic N) is 1. The topological polar surface area (TPSA) is 48.0 Å². The molecule has 42 heavy (non-hydrogen) atoms. The normalized spacial score (nSPS) is 20.8. The van der Waals surface area contributed by atoms with Crippen molar-refractivity contribution in [1.82, 2.24) is 4.90 Å². The van der Waals surface area contributed by atoms with Crippen LogP contribution in [0, 0.1) is 5.92 Å². The monoisotopic (exact) mass is 589 g/mol. The van der Waals surface area contributed by atoms with E-state index in [-0.39, 0.29) is 17.1 Å². The van der Waals surface area contributed by atoms with Crippen molar-refractivity contribution in [2.75, 3.05) is 26.9 Å². The van der Waals surface area contributed by atoms with Gasteiger partial charge in [0.15, 0.2) is 0 Å². The second-order valence-corrected chi connectivity index (χ2v) is 17.6. The minimum atomic E-state index is -2.53. The molecule has 6 heteroatoms. The lowest BCUT2D eigenvalue weighted by molar-refractivity contribution is -0.139. The number of hydrogen-bond acceptors (Lipinski definition) is 5. The van der Waals surface area contributed by atoms with Crippen molar-refractivity contribution in [2.24, 2.45) is 5.92 Å². The lowest BCUT2D eigenvalue weighted by atomic mass is 10.0. The Morgan fingerprint density at radius 2 is 1.71 bits per heavy atom. The first-order chi connectivity index (χ1) is 20.1. The lowest BCUT2D eigenvalue weighted by Crippen LogP contribution is -2.66. The highest BCUT2D eigenvalue weighted by atomic mass is 28.4. The molecule has 1 saturated heterocycles. The van der Waals surface area contributed by atoms with Crippen LogP contribution in [-0.4, -0.2) is 58.2 Å². The molecule has 0 bridgehead atoms. The first-order valence-corrected chi connectivity index (χ1v) is 17.6. The Bertz CT molecular complexity index is 1190. The van der Waals surface area contributed by atoms with E-state index in [0.29, 0.717) is 18.6 Å². The zero-order valence-corrected chi connectivity index (χ0v) is 27.8. The van der Waals surface area contributed by atoms with E-state index in [0.717, 1.165) is 56.5 Å². The van der Waals surface area contributed by atoms with Gasteiger partial charge in [-0.3, -0.25) is 0 Å². The zero-order chi connectivity index (χ0) is 30.3. The van der Waals surface area contributed by atoms with Crippen molar-refractivity contribution in [3.8, 4) is 0 Å². The number of ether oxygens (including phenoxy) is 2. The molecule has 2 aliphatic rings. The number of allylic oxidation sites excluding steroid dienone is 1. The van der Waals surface area contributed by atoms with Crippen LogP contribution in [0.5, 0.6) is 0 Å². The minimum absolute atomic E-state index is 0.0222. The van der Waals surface area contributed by atoms with Crippen LogP contribution in [0.4, 0.5) is 0 Å². The van der Waals surface area contributed by atoms with E-state index >= 15 is 0 Å². The molecule has 0 aliphatic carbocycles. The minimum Gasteiger partial charge on any atom is -0.452 e. The van der Waals surface area contributed by atoms with Crippen molar-refractivity contribution in [2.45, 2.75) is 90.8 Å². The maximum absolute atomic E-state index is 12.6. The summed E-state index contributed by atoms with van der Waals surface area (Å²) in [7, 11) is -0.777. The van der Waals surface area contributed by atoms with Gasteiger partial charge in [0.25, 0.3) is 8.32 Å². The van der Waals surface area contributed by atoms with Crippen molar-refractivity contribution < 1.29 is 18.7 Å². The molecular weight excluding hydrogens is 538 g/mol. The van der Waals surface area contributed by atoms with Gasteiger partial charge < -0.3 is 18.8 Å². The van der Waals surface area contributed by atoms with Gasteiger partial charge in [0.05, 0.1) is 23.9 Å². The van der Waals surface area contributed by atoms with Crippen molar-refractivity contribution in [3.63, 3.8) is 0 Å². The molecule has 0 spiro atoms. The summed E-state index contributed by atoms with van der Waals surface area (Å²) in [6.45, 7) is 15.7. The SMILES string of the molecule is COC[C@H]1CCCN1C1=C(C)C(=O)O[C@@H]1C/C(C)=C/CC[C@H](C)CO[Si](c1ccccc1)(c1ccccc1)C(C)(C)C. The molecule has 0 aromatic heterocycles. The quantitative estimate of drug-likeness (QED) is 0.149. The Morgan fingerprint density at radius 3 is 2.29 bits per heavy atom. The van der Waals surface area contributed by atoms with E-state index in [1.807, 2.05) is 6.92 Å². The molecule has 2 aromatic carbocycles. The maximum Gasteiger partial charge on any atom is 0.336 e. The molecule has 5 nitrogen and oxygen atoms in total. The summed E-state index contributed by atoms with van der Waals surface area (Å²) in [6, 6.07) is 22.0. The molecule has 228 valence electrons. The molecule has 0 N–H and O–H groups in total. The predicted octanol–water partition coefficient (Wildman–Crippen LogP) is 6.63. The van der Waals surface area contributed by atoms with Crippen LogP contribution < -0.4 is 10.4 Å². The fourth-order valence-electron chi connectivity index (χ4n) is 6.78.